The molecule has 2 rings (SSSR count). The van der Waals surface area contributed by atoms with Gasteiger partial charge < -0.3 is 15.7 Å². The summed E-state index contributed by atoms with van der Waals surface area (Å²) in [4.78, 5) is 26.3. The van der Waals surface area contributed by atoms with Gasteiger partial charge in [0.25, 0.3) is 0 Å². The van der Waals surface area contributed by atoms with Crippen LogP contribution >= 0.6 is 15.9 Å². The van der Waals surface area contributed by atoms with Gasteiger partial charge in [0.05, 0.1) is 24.0 Å². The van der Waals surface area contributed by atoms with Crippen molar-refractivity contribution in [1.29, 1.82) is 0 Å². The summed E-state index contributed by atoms with van der Waals surface area (Å²) < 4.78 is 0.861. The number of nitrogens with one attached hydrogen (secondary N) is 2. The lowest BCUT2D eigenvalue weighted by molar-refractivity contribution is -0.136. The number of benzene rings is 1. The number of rotatable bonds is 4. The number of aliphatic carboxylic acids is 1. The van der Waals surface area contributed by atoms with Gasteiger partial charge >= 0.3 is 12.0 Å². The maximum Gasteiger partial charge on any atom is 0.323 e. The predicted molar refractivity (Wildman–Crippen MR) is 82.4 cm³/mol. The quantitative estimate of drug-likeness (QED) is 0.790. The molecule has 1 aromatic carbocycles. The van der Waals surface area contributed by atoms with Crippen molar-refractivity contribution < 1.29 is 14.7 Å². The van der Waals surface area contributed by atoms with Crippen LogP contribution in [0.2, 0.25) is 0 Å². The number of amides is 2. The highest BCUT2D eigenvalue weighted by atomic mass is 79.9. The Morgan fingerprint density at radius 2 is 1.90 bits per heavy atom. The molecule has 0 saturated carbocycles. The van der Waals surface area contributed by atoms with Crippen molar-refractivity contribution in [3.63, 3.8) is 0 Å². The first-order valence-corrected chi connectivity index (χ1v) is 6.82. The molecule has 0 bridgehead atoms. The second kappa shape index (κ2) is 6.85. The maximum atomic E-state index is 11.8. The lowest BCUT2D eigenvalue weighted by atomic mass is 10.2. The molecule has 2 amide bonds. The summed E-state index contributed by atoms with van der Waals surface area (Å²) in [5.41, 5.74) is 1.56. The highest BCUT2D eigenvalue weighted by molar-refractivity contribution is 9.10. The summed E-state index contributed by atoms with van der Waals surface area (Å²) in [6, 6.07) is 9.96. The van der Waals surface area contributed by atoms with Crippen molar-refractivity contribution >= 4 is 39.3 Å². The van der Waals surface area contributed by atoms with Crippen LogP contribution in [0.25, 0.3) is 0 Å². The van der Waals surface area contributed by atoms with E-state index in [-0.39, 0.29) is 6.42 Å². The van der Waals surface area contributed by atoms with E-state index in [1.54, 1.807) is 24.3 Å². The van der Waals surface area contributed by atoms with Crippen LogP contribution in [-0.4, -0.2) is 22.1 Å². The number of carbonyl (C=O) groups excluding carboxylic acids is 1. The molecule has 7 heteroatoms. The largest absolute Gasteiger partial charge is 0.481 e. The van der Waals surface area contributed by atoms with Crippen LogP contribution in [0.3, 0.4) is 0 Å². The molecule has 1 aromatic heterocycles. The first-order chi connectivity index (χ1) is 10.0. The van der Waals surface area contributed by atoms with Gasteiger partial charge in [-0.15, -0.1) is 0 Å². The van der Waals surface area contributed by atoms with E-state index in [1.165, 1.54) is 6.20 Å². The van der Waals surface area contributed by atoms with Gasteiger partial charge in [0, 0.05) is 10.2 Å². The third-order valence-electron chi connectivity index (χ3n) is 2.50. The third kappa shape index (κ3) is 4.88. The molecule has 0 aliphatic rings. The molecule has 1 heterocycles. The van der Waals surface area contributed by atoms with Crippen molar-refractivity contribution in [3.05, 3.63) is 52.8 Å². The number of carbonyl (C=O) groups is 2. The molecular formula is C14H12BrN3O3. The number of halogens is 1. The zero-order valence-electron chi connectivity index (χ0n) is 10.8. The van der Waals surface area contributed by atoms with E-state index < -0.39 is 12.0 Å². The first-order valence-electron chi connectivity index (χ1n) is 6.03. The molecule has 6 nitrogen and oxygen atoms in total. The number of anilines is 2. The molecule has 108 valence electrons. The molecule has 0 fully saturated rings. The molecule has 0 spiro atoms. The fraction of sp³-hybridized carbons (Fsp3) is 0.0714. The van der Waals surface area contributed by atoms with Crippen LogP contribution in [0.5, 0.6) is 0 Å². The van der Waals surface area contributed by atoms with Crippen molar-refractivity contribution in [2.75, 3.05) is 10.6 Å². The van der Waals surface area contributed by atoms with Crippen LogP contribution in [0.15, 0.2) is 47.1 Å². The highest BCUT2D eigenvalue weighted by Gasteiger charge is 2.05. The lowest BCUT2D eigenvalue weighted by Gasteiger charge is -2.08. The normalized spacial score (nSPS) is 9.95. The molecule has 0 aliphatic carbocycles. The first kappa shape index (κ1) is 15.0. The van der Waals surface area contributed by atoms with E-state index >= 15 is 0 Å². The Kier molecular flexibility index (Phi) is 4.89. The summed E-state index contributed by atoms with van der Waals surface area (Å²) >= 11 is 3.32. The van der Waals surface area contributed by atoms with E-state index in [0.29, 0.717) is 17.1 Å². The van der Waals surface area contributed by atoms with Crippen molar-refractivity contribution in [3.8, 4) is 0 Å². The van der Waals surface area contributed by atoms with Gasteiger partial charge in [-0.3, -0.25) is 9.78 Å². The molecule has 0 saturated heterocycles. The second-order valence-electron chi connectivity index (χ2n) is 4.20. The van der Waals surface area contributed by atoms with E-state index in [1.807, 2.05) is 12.1 Å². The van der Waals surface area contributed by atoms with Gasteiger partial charge in [-0.25, -0.2) is 4.79 Å². The zero-order chi connectivity index (χ0) is 15.2. The smallest absolute Gasteiger partial charge is 0.323 e. The maximum absolute atomic E-state index is 11.8. The average Bonchev–Trinajstić information content (AvgIpc) is 2.40. The van der Waals surface area contributed by atoms with Crippen molar-refractivity contribution in [1.82, 2.24) is 4.98 Å². The third-order valence-corrected chi connectivity index (χ3v) is 2.99. The molecule has 21 heavy (non-hydrogen) atoms. The number of nitrogens with zero attached hydrogens (tertiary/aromatic N) is 1. The molecular weight excluding hydrogens is 338 g/mol. The fourth-order valence-electron chi connectivity index (χ4n) is 1.62. The Morgan fingerprint density at radius 3 is 2.52 bits per heavy atom. The molecule has 3 N–H and O–H groups in total. The van der Waals surface area contributed by atoms with Crippen LogP contribution in [0.4, 0.5) is 16.2 Å². The Hall–Kier alpha value is -2.41. The average molecular weight is 350 g/mol. The number of carboxylic acids is 1. The molecule has 0 atom stereocenters. The Morgan fingerprint density at radius 1 is 1.14 bits per heavy atom. The Bertz CT molecular complexity index is 659. The van der Waals surface area contributed by atoms with E-state index in [4.69, 9.17) is 5.11 Å². The topological polar surface area (TPSA) is 91.3 Å². The summed E-state index contributed by atoms with van der Waals surface area (Å²) in [6.07, 6.45) is 1.27. The van der Waals surface area contributed by atoms with Crippen LogP contribution in [-0.2, 0) is 11.2 Å². The molecule has 2 aromatic rings. The number of pyridine rings is 1. The van der Waals surface area contributed by atoms with Gasteiger partial charge in [-0.2, -0.15) is 0 Å². The van der Waals surface area contributed by atoms with Crippen LogP contribution < -0.4 is 10.6 Å². The van der Waals surface area contributed by atoms with Gasteiger partial charge in [0.15, 0.2) is 0 Å². The van der Waals surface area contributed by atoms with Gasteiger partial charge in [-0.1, -0.05) is 22.0 Å². The molecule has 0 unspecified atom stereocenters. The minimum Gasteiger partial charge on any atom is -0.481 e. The minimum atomic E-state index is -0.949. The SMILES string of the molecule is O=C(O)Cc1ccc(NC(=O)Nc2cccc(Br)c2)cn1. The zero-order valence-corrected chi connectivity index (χ0v) is 12.4. The van der Waals surface area contributed by atoms with Gasteiger partial charge in [-0.05, 0) is 30.3 Å². The van der Waals surface area contributed by atoms with Crippen molar-refractivity contribution in [2.24, 2.45) is 0 Å². The number of hydrogen-bond acceptors (Lipinski definition) is 3. The summed E-state index contributed by atoms with van der Waals surface area (Å²) in [6.45, 7) is 0. The Labute approximate surface area is 129 Å². The number of carboxylic acid groups (broad SMARTS) is 1. The van der Waals surface area contributed by atoms with E-state index in [0.717, 1.165) is 4.47 Å². The number of aromatic nitrogens is 1. The van der Waals surface area contributed by atoms with Crippen LogP contribution in [0.1, 0.15) is 5.69 Å². The fourth-order valence-corrected chi connectivity index (χ4v) is 2.02. The number of hydrogen-bond donors (Lipinski definition) is 3. The Balaban J connectivity index is 1.95. The minimum absolute atomic E-state index is 0.148. The van der Waals surface area contributed by atoms with Gasteiger partial charge in [0.1, 0.15) is 0 Å². The number of urea groups is 1. The summed E-state index contributed by atoms with van der Waals surface area (Å²) in [5, 5.41) is 13.9. The van der Waals surface area contributed by atoms with Crippen molar-refractivity contribution in [2.45, 2.75) is 6.42 Å². The second-order valence-corrected chi connectivity index (χ2v) is 5.11. The standard InChI is InChI=1S/C14H12BrN3O3/c15-9-2-1-3-11(6-9)17-14(21)18-12-5-4-10(16-8-12)7-13(19)20/h1-6,8H,7H2,(H,19,20)(H2,17,18,21). The van der Waals surface area contributed by atoms with E-state index in [9.17, 15) is 9.59 Å². The van der Waals surface area contributed by atoms with Gasteiger partial charge in [0.2, 0.25) is 0 Å². The molecule has 0 radical (unpaired) electrons. The van der Waals surface area contributed by atoms with Crippen LogP contribution in [0, 0.1) is 0 Å². The summed E-state index contributed by atoms with van der Waals surface area (Å²) in [5.74, 6) is -0.949. The predicted octanol–water partition coefficient (Wildman–Crippen LogP) is 3.12. The summed E-state index contributed by atoms with van der Waals surface area (Å²) in [7, 11) is 0. The molecule has 0 aliphatic heterocycles. The monoisotopic (exact) mass is 349 g/mol. The lowest BCUT2D eigenvalue weighted by Crippen LogP contribution is -2.19. The highest BCUT2D eigenvalue weighted by Crippen LogP contribution is 2.16. The van der Waals surface area contributed by atoms with E-state index in [2.05, 4.69) is 31.5 Å².